The van der Waals surface area contributed by atoms with Gasteiger partial charge in [0, 0.05) is 6.42 Å². The SMILES string of the molecule is O=C(O)CCC[C@@H](NC(=O)Cc1cccc(F)c1)C(=O)O. The summed E-state index contributed by atoms with van der Waals surface area (Å²) in [5.74, 6) is -3.28. The Hall–Kier alpha value is -2.44. The fourth-order valence-electron chi connectivity index (χ4n) is 1.79. The number of rotatable bonds is 8. The van der Waals surface area contributed by atoms with Crippen LogP contribution in [0.1, 0.15) is 24.8 Å². The molecule has 0 fully saturated rings. The average molecular weight is 297 g/mol. The van der Waals surface area contributed by atoms with E-state index in [0.717, 1.165) is 0 Å². The molecule has 0 aliphatic rings. The van der Waals surface area contributed by atoms with Crippen LogP contribution in [-0.2, 0) is 20.8 Å². The van der Waals surface area contributed by atoms with Crippen LogP contribution in [0.15, 0.2) is 24.3 Å². The molecule has 6 nitrogen and oxygen atoms in total. The third-order valence-electron chi connectivity index (χ3n) is 2.77. The van der Waals surface area contributed by atoms with Gasteiger partial charge in [-0.2, -0.15) is 0 Å². The number of carboxylic acid groups (broad SMARTS) is 2. The number of hydrogen-bond acceptors (Lipinski definition) is 3. The van der Waals surface area contributed by atoms with Crippen LogP contribution in [0, 0.1) is 5.82 Å². The molecule has 3 N–H and O–H groups in total. The van der Waals surface area contributed by atoms with Gasteiger partial charge in [-0.15, -0.1) is 0 Å². The van der Waals surface area contributed by atoms with Gasteiger partial charge in [0.1, 0.15) is 11.9 Å². The van der Waals surface area contributed by atoms with Crippen LogP contribution in [-0.4, -0.2) is 34.1 Å². The fraction of sp³-hybridized carbons (Fsp3) is 0.357. The van der Waals surface area contributed by atoms with Gasteiger partial charge >= 0.3 is 11.9 Å². The molecule has 0 radical (unpaired) electrons. The van der Waals surface area contributed by atoms with E-state index in [1.807, 2.05) is 0 Å². The van der Waals surface area contributed by atoms with E-state index < -0.39 is 29.7 Å². The molecular formula is C14H16FNO5. The van der Waals surface area contributed by atoms with Gasteiger partial charge in [0.15, 0.2) is 0 Å². The Morgan fingerprint density at radius 3 is 2.52 bits per heavy atom. The van der Waals surface area contributed by atoms with E-state index in [4.69, 9.17) is 10.2 Å². The van der Waals surface area contributed by atoms with Gasteiger partial charge in [-0.1, -0.05) is 12.1 Å². The first kappa shape index (κ1) is 16.6. The summed E-state index contributed by atoms with van der Waals surface area (Å²) in [6.07, 6.45) is -0.132. The Bertz CT molecular complexity index is 532. The summed E-state index contributed by atoms with van der Waals surface area (Å²) in [4.78, 5) is 33.1. The Morgan fingerprint density at radius 1 is 1.24 bits per heavy atom. The van der Waals surface area contributed by atoms with E-state index in [-0.39, 0.29) is 25.7 Å². The smallest absolute Gasteiger partial charge is 0.326 e. The van der Waals surface area contributed by atoms with Crippen molar-refractivity contribution in [3.8, 4) is 0 Å². The average Bonchev–Trinajstić information content (AvgIpc) is 2.36. The van der Waals surface area contributed by atoms with Crippen molar-refractivity contribution >= 4 is 17.8 Å². The summed E-state index contributed by atoms with van der Waals surface area (Å²) >= 11 is 0. The number of carbonyl (C=O) groups excluding carboxylic acids is 1. The van der Waals surface area contributed by atoms with Crippen molar-refractivity contribution in [3.63, 3.8) is 0 Å². The minimum atomic E-state index is -1.23. The number of nitrogens with one attached hydrogen (secondary N) is 1. The lowest BCUT2D eigenvalue weighted by Gasteiger charge is -2.14. The zero-order valence-corrected chi connectivity index (χ0v) is 11.2. The maximum atomic E-state index is 13.0. The van der Waals surface area contributed by atoms with Crippen molar-refractivity contribution in [1.82, 2.24) is 5.32 Å². The lowest BCUT2D eigenvalue weighted by molar-refractivity contribution is -0.142. The number of carboxylic acids is 2. The summed E-state index contributed by atoms with van der Waals surface area (Å²) in [7, 11) is 0. The van der Waals surface area contributed by atoms with Crippen molar-refractivity contribution < 1.29 is 29.0 Å². The minimum absolute atomic E-state index is 0.0243. The first-order chi connectivity index (χ1) is 9.88. The van der Waals surface area contributed by atoms with Crippen molar-refractivity contribution in [3.05, 3.63) is 35.6 Å². The van der Waals surface area contributed by atoms with E-state index in [1.54, 1.807) is 6.07 Å². The molecule has 0 heterocycles. The first-order valence-electron chi connectivity index (χ1n) is 6.37. The monoisotopic (exact) mass is 297 g/mol. The van der Waals surface area contributed by atoms with Gasteiger partial charge in [0.25, 0.3) is 0 Å². The molecule has 0 aliphatic carbocycles. The molecule has 0 aliphatic heterocycles. The van der Waals surface area contributed by atoms with Crippen LogP contribution in [0.3, 0.4) is 0 Å². The van der Waals surface area contributed by atoms with Crippen LogP contribution >= 0.6 is 0 Å². The maximum absolute atomic E-state index is 13.0. The van der Waals surface area contributed by atoms with Crippen LogP contribution < -0.4 is 5.32 Å². The van der Waals surface area contributed by atoms with E-state index in [1.165, 1.54) is 18.2 Å². The van der Waals surface area contributed by atoms with Gasteiger partial charge in [-0.05, 0) is 30.5 Å². The molecule has 0 saturated carbocycles. The van der Waals surface area contributed by atoms with Gasteiger partial charge in [-0.25, -0.2) is 9.18 Å². The van der Waals surface area contributed by atoms with Crippen LogP contribution in [0.25, 0.3) is 0 Å². The molecule has 114 valence electrons. The maximum Gasteiger partial charge on any atom is 0.326 e. The first-order valence-corrected chi connectivity index (χ1v) is 6.37. The van der Waals surface area contributed by atoms with Crippen LogP contribution in [0.4, 0.5) is 4.39 Å². The molecule has 21 heavy (non-hydrogen) atoms. The zero-order valence-electron chi connectivity index (χ0n) is 11.2. The molecule has 1 atom stereocenters. The minimum Gasteiger partial charge on any atom is -0.481 e. The lowest BCUT2D eigenvalue weighted by atomic mass is 10.1. The predicted octanol–water partition coefficient (Wildman–Crippen LogP) is 1.19. The second kappa shape index (κ2) is 7.98. The Labute approximate surface area is 120 Å². The summed E-state index contributed by atoms with van der Waals surface area (Å²) < 4.78 is 13.0. The van der Waals surface area contributed by atoms with Crippen molar-refractivity contribution in [2.24, 2.45) is 0 Å². The molecule has 0 spiro atoms. The highest BCUT2D eigenvalue weighted by molar-refractivity contribution is 5.84. The summed E-state index contributed by atoms with van der Waals surface area (Å²) in [5, 5.41) is 19.8. The van der Waals surface area contributed by atoms with E-state index in [0.29, 0.717) is 5.56 Å². The normalized spacial score (nSPS) is 11.7. The summed E-state index contributed by atoms with van der Waals surface area (Å²) in [6, 6.07) is 4.31. The fourth-order valence-corrected chi connectivity index (χ4v) is 1.79. The van der Waals surface area contributed by atoms with Crippen LogP contribution in [0.5, 0.6) is 0 Å². The van der Waals surface area contributed by atoms with Gasteiger partial charge in [0.05, 0.1) is 6.42 Å². The quantitative estimate of drug-likeness (QED) is 0.668. The predicted molar refractivity (Wildman–Crippen MR) is 71.2 cm³/mol. The Kier molecular flexibility index (Phi) is 6.32. The number of benzene rings is 1. The van der Waals surface area contributed by atoms with Crippen LogP contribution in [0.2, 0.25) is 0 Å². The second-order valence-electron chi connectivity index (χ2n) is 4.55. The highest BCUT2D eigenvalue weighted by Crippen LogP contribution is 2.06. The number of carbonyl (C=O) groups is 3. The molecule has 7 heteroatoms. The molecular weight excluding hydrogens is 281 g/mol. The van der Waals surface area contributed by atoms with E-state index in [2.05, 4.69) is 5.32 Å². The molecule has 1 amide bonds. The number of halogens is 1. The van der Waals surface area contributed by atoms with Crippen molar-refractivity contribution in [1.29, 1.82) is 0 Å². The number of amides is 1. The highest BCUT2D eigenvalue weighted by Gasteiger charge is 2.20. The summed E-state index contributed by atoms with van der Waals surface area (Å²) in [5.41, 5.74) is 0.433. The number of hydrogen-bond donors (Lipinski definition) is 3. The molecule has 0 bridgehead atoms. The molecule has 1 rings (SSSR count). The molecule has 1 aromatic carbocycles. The second-order valence-corrected chi connectivity index (χ2v) is 4.55. The van der Waals surface area contributed by atoms with Gasteiger partial charge in [0.2, 0.25) is 5.91 Å². The Morgan fingerprint density at radius 2 is 1.95 bits per heavy atom. The van der Waals surface area contributed by atoms with E-state index >= 15 is 0 Å². The Balaban J connectivity index is 2.52. The van der Waals surface area contributed by atoms with E-state index in [9.17, 15) is 18.8 Å². The molecule has 0 aromatic heterocycles. The largest absolute Gasteiger partial charge is 0.481 e. The highest BCUT2D eigenvalue weighted by atomic mass is 19.1. The van der Waals surface area contributed by atoms with Gasteiger partial charge < -0.3 is 15.5 Å². The van der Waals surface area contributed by atoms with Crippen molar-refractivity contribution in [2.45, 2.75) is 31.7 Å². The van der Waals surface area contributed by atoms with Crippen molar-refractivity contribution in [2.75, 3.05) is 0 Å². The molecule has 1 aromatic rings. The standard InChI is InChI=1S/C14H16FNO5/c15-10-4-1-3-9(7-10)8-12(17)16-11(14(20)21)5-2-6-13(18)19/h1,3-4,7,11H,2,5-6,8H2,(H,16,17)(H,18,19)(H,20,21)/t11-/m1/s1. The van der Waals surface area contributed by atoms with Gasteiger partial charge in [-0.3, -0.25) is 9.59 Å². The zero-order chi connectivity index (χ0) is 15.8. The molecule has 0 unspecified atom stereocenters. The molecule has 0 saturated heterocycles. The third-order valence-corrected chi connectivity index (χ3v) is 2.77. The summed E-state index contributed by atoms with van der Waals surface area (Å²) in [6.45, 7) is 0. The number of aliphatic carboxylic acids is 2. The topological polar surface area (TPSA) is 104 Å². The third kappa shape index (κ3) is 6.51. The lowest BCUT2D eigenvalue weighted by Crippen LogP contribution is -2.41.